The molecule has 0 aliphatic rings. The summed E-state index contributed by atoms with van der Waals surface area (Å²) in [5.41, 5.74) is 3.27. The molecule has 1 heterocycles. The van der Waals surface area contributed by atoms with E-state index in [1.54, 1.807) is 23.1 Å². The largest absolute Gasteiger partial charge is 0.310 e. The third kappa shape index (κ3) is 4.34. The zero-order valence-electron chi connectivity index (χ0n) is 11.4. The van der Waals surface area contributed by atoms with E-state index >= 15 is 0 Å². The van der Waals surface area contributed by atoms with Gasteiger partial charge in [0.1, 0.15) is 0 Å². The molecule has 1 N–H and O–H groups in total. The van der Waals surface area contributed by atoms with E-state index in [0.29, 0.717) is 6.04 Å². The van der Waals surface area contributed by atoms with E-state index in [1.807, 2.05) is 11.7 Å². The van der Waals surface area contributed by atoms with Gasteiger partial charge in [0.25, 0.3) is 0 Å². The minimum atomic E-state index is 0.385. The van der Waals surface area contributed by atoms with Crippen LogP contribution in [-0.4, -0.2) is 17.8 Å². The van der Waals surface area contributed by atoms with Gasteiger partial charge in [0.05, 0.1) is 5.51 Å². The van der Waals surface area contributed by atoms with Gasteiger partial charge in [-0.25, -0.2) is 0 Å². The zero-order chi connectivity index (χ0) is 13.5. The average Bonchev–Trinajstić information content (AvgIpc) is 2.96. The van der Waals surface area contributed by atoms with Crippen LogP contribution in [0.25, 0.3) is 0 Å². The lowest BCUT2D eigenvalue weighted by atomic mass is 10.0. The molecule has 0 aliphatic heterocycles. The molecule has 0 radical (unpaired) electrons. The van der Waals surface area contributed by atoms with Gasteiger partial charge in [-0.2, -0.15) is 0 Å². The van der Waals surface area contributed by atoms with Crippen molar-refractivity contribution in [2.24, 2.45) is 0 Å². The Labute approximate surface area is 123 Å². The van der Waals surface area contributed by atoms with E-state index in [0.717, 1.165) is 19.4 Å². The van der Waals surface area contributed by atoms with Crippen molar-refractivity contribution in [2.75, 3.05) is 12.8 Å². The van der Waals surface area contributed by atoms with Crippen LogP contribution in [0.4, 0.5) is 0 Å². The average molecular weight is 292 g/mol. The number of rotatable bonds is 7. The highest BCUT2D eigenvalue weighted by atomic mass is 32.2. The zero-order valence-corrected chi connectivity index (χ0v) is 13.1. The first kappa shape index (κ1) is 14.6. The Morgan fingerprint density at radius 1 is 1.32 bits per heavy atom. The molecule has 4 heteroatoms. The van der Waals surface area contributed by atoms with Crippen LogP contribution in [0.3, 0.4) is 0 Å². The summed E-state index contributed by atoms with van der Waals surface area (Å²) in [5, 5.41) is 3.63. The number of benzene rings is 1. The molecule has 1 aromatic heterocycles. The van der Waals surface area contributed by atoms with Crippen LogP contribution >= 0.6 is 23.1 Å². The molecular weight excluding hydrogens is 272 g/mol. The molecule has 1 atom stereocenters. The van der Waals surface area contributed by atoms with Gasteiger partial charge in [-0.15, -0.1) is 23.1 Å². The lowest BCUT2D eigenvalue weighted by Crippen LogP contribution is -2.23. The number of hydrogen-bond donors (Lipinski definition) is 1. The summed E-state index contributed by atoms with van der Waals surface area (Å²) in [4.78, 5) is 6.82. The van der Waals surface area contributed by atoms with E-state index in [9.17, 15) is 0 Å². The van der Waals surface area contributed by atoms with E-state index in [4.69, 9.17) is 0 Å². The third-order valence-corrected chi connectivity index (χ3v) is 4.59. The molecule has 19 heavy (non-hydrogen) atoms. The van der Waals surface area contributed by atoms with Crippen molar-refractivity contribution in [1.29, 1.82) is 0 Å². The molecule has 1 unspecified atom stereocenters. The van der Waals surface area contributed by atoms with E-state index in [1.165, 1.54) is 15.3 Å². The second-order valence-corrected chi connectivity index (χ2v) is 6.30. The second kappa shape index (κ2) is 7.68. The van der Waals surface area contributed by atoms with Gasteiger partial charge in [-0.05, 0) is 36.9 Å². The summed E-state index contributed by atoms with van der Waals surface area (Å²) >= 11 is 3.52. The molecule has 0 spiro atoms. The SMILES string of the molecule is CCCNC(Cc1cncs1)c1ccc(SC)cc1. The van der Waals surface area contributed by atoms with Crippen molar-refractivity contribution in [3.05, 3.63) is 46.4 Å². The van der Waals surface area contributed by atoms with Gasteiger partial charge >= 0.3 is 0 Å². The quantitative estimate of drug-likeness (QED) is 0.776. The fraction of sp³-hybridized carbons (Fsp3) is 0.400. The lowest BCUT2D eigenvalue weighted by molar-refractivity contribution is 0.532. The predicted octanol–water partition coefficient (Wildman–Crippen LogP) is 4.15. The molecule has 0 bridgehead atoms. The van der Waals surface area contributed by atoms with Gasteiger partial charge in [-0.1, -0.05) is 19.1 Å². The smallest absolute Gasteiger partial charge is 0.0794 e. The molecule has 0 saturated carbocycles. The molecule has 102 valence electrons. The Kier molecular flexibility index (Phi) is 5.89. The first-order chi connectivity index (χ1) is 9.33. The van der Waals surface area contributed by atoms with E-state index in [-0.39, 0.29) is 0 Å². The number of nitrogens with one attached hydrogen (secondary N) is 1. The second-order valence-electron chi connectivity index (χ2n) is 4.45. The Hall–Kier alpha value is -0.840. The Bertz CT molecular complexity index is 465. The molecule has 2 aromatic rings. The van der Waals surface area contributed by atoms with Crippen molar-refractivity contribution in [3.8, 4) is 0 Å². The summed E-state index contributed by atoms with van der Waals surface area (Å²) in [6.07, 6.45) is 6.26. The minimum Gasteiger partial charge on any atom is -0.310 e. The van der Waals surface area contributed by atoms with Crippen LogP contribution in [0.1, 0.15) is 29.8 Å². The molecule has 0 amide bonds. The number of aromatic nitrogens is 1. The summed E-state index contributed by atoms with van der Waals surface area (Å²) in [6.45, 7) is 3.25. The molecule has 2 rings (SSSR count). The fourth-order valence-electron chi connectivity index (χ4n) is 2.01. The molecule has 0 aliphatic carbocycles. The Morgan fingerprint density at radius 2 is 2.11 bits per heavy atom. The van der Waals surface area contributed by atoms with Crippen LogP contribution in [0.5, 0.6) is 0 Å². The summed E-state index contributed by atoms with van der Waals surface area (Å²) in [6, 6.07) is 9.26. The van der Waals surface area contributed by atoms with Crippen molar-refractivity contribution in [3.63, 3.8) is 0 Å². The molecule has 0 saturated heterocycles. The third-order valence-electron chi connectivity index (χ3n) is 3.05. The monoisotopic (exact) mass is 292 g/mol. The van der Waals surface area contributed by atoms with Crippen LogP contribution in [0.15, 0.2) is 40.9 Å². The van der Waals surface area contributed by atoms with Crippen LogP contribution < -0.4 is 5.32 Å². The summed E-state index contributed by atoms with van der Waals surface area (Å²) in [7, 11) is 0. The van der Waals surface area contributed by atoms with Crippen LogP contribution in [0, 0.1) is 0 Å². The highest BCUT2D eigenvalue weighted by Crippen LogP contribution is 2.23. The van der Waals surface area contributed by atoms with E-state index < -0.39 is 0 Å². The van der Waals surface area contributed by atoms with Gasteiger partial charge < -0.3 is 5.32 Å². The van der Waals surface area contributed by atoms with Gasteiger partial charge in [-0.3, -0.25) is 4.98 Å². The maximum Gasteiger partial charge on any atom is 0.0794 e. The predicted molar refractivity (Wildman–Crippen MR) is 85.1 cm³/mol. The first-order valence-electron chi connectivity index (χ1n) is 6.58. The molecular formula is C15H20N2S2. The van der Waals surface area contributed by atoms with Crippen molar-refractivity contribution >= 4 is 23.1 Å². The highest BCUT2D eigenvalue weighted by molar-refractivity contribution is 7.98. The number of hydrogen-bond acceptors (Lipinski definition) is 4. The summed E-state index contributed by atoms with van der Waals surface area (Å²) in [5.74, 6) is 0. The van der Waals surface area contributed by atoms with Crippen molar-refractivity contribution in [1.82, 2.24) is 10.3 Å². The van der Waals surface area contributed by atoms with Crippen molar-refractivity contribution < 1.29 is 0 Å². The van der Waals surface area contributed by atoms with Crippen LogP contribution in [0.2, 0.25) is 0 Å². The minimum absolute atomic E-state index is 0.385. The maximum absolute atomic E-state index is 4.16. The van der Waals surface area contributed by atoms with Crippen molar-refractivity contribution in [2.45, 2.75) is 30.7 Å². The van der Waals surface area contributed by atoms with Crippen LogP contribution in [-0.2, 0) is 6.42 Å². The van der Waals surface area contributed by atoms with Gasteiger partial charge in [0.2, 0.25) is 0 Å². The Balaban J connectivity index is 2.10. The first-order valence-corrected chi connectivity index (χ1v) is 8.68. The molecule has 1 aromatic carbocycles. The van der Waals surface area contributed by atoms with Gasteiger partial charge in [0, 0.05) is 28.4 Å². The molecule has 2 nitrogen and oxygen atoms in total. The number of thioether (sulfide) groups is 1. The maximum atomic E-state index is 4.16. The standard InChI is InChI=1S/C15H20N2S2/c1-3-8-17-15(9-14-10-16-11-19-14)12-4-6-13(18-2)7-5-12/h4-7,10-11,15,17H,3,8-9H2,1-2H3. The highest BCUT2D eigenvalue weighted by Gasteiger charge is 2.12. The fourth-order valence-corrected chi connectivity index (χ4v) is 3.06. The Morgan fingerprint density at radius 3 is 2.68 bits per heavy atom. The van der Waals surface area contributed by atoms with Gasteiger partial charge in [0.15, 0.2) is 0 Å². The topological polar surface area (TPSA) is 24.9 Å². The summed E-state index contributed by atoms with van der Waals surface area (Å²) < 4.78 is 0. The number of thiazole rings is 1. The molecule has 0 fully saturated rings. The normalized spacial score (nSPS) is 12.5. The van der Waals surface area contributed by atoms with E-state index in [2.05, 4.69) is 47.7 Å². The lowest BCUT2D eigenvalue weighted by Gasteiger charge is -2.18. The number of nitrogens with zero attached hydrogens (tertiary/aromatic N) is 1.